The fourth-order valence-corrected chi connectivity index (χ4v) is 1.66. The molecule has 1 amide bonds. The highest BCUT2D eigenvalue weighted by atomic mass is 16.6. The lowest BCUT2D eigenvalue weighted by molar-refractivity contribution is -0.385. The fraction of sp³-hybridized carbons (Fsp3) is 0.500. The lowest BCUT2D eigenvalue weighted by Crippen LogP contribution is -2.36. The quantitative estimate of drug-likeness (QED) is 0.626. The summed E-state index contributed by atoms with van der Waals surface area (Å²) < 4.78 is 5.28. The largest absolute Gasteiger partial charge is 0.444 e. The number of para-hydroxylation sites is 1. The van der Waals surface area contributed by atoms with Crippen LogP contribution in [0.25, 0.3) is 0 Å². The van der Waals surface area contributed by atoms with Gasteiger partial charge in [0, 0.05) is 18.2 Å². The SMILES string of the molecule is CCN(Cc1ccccc1[N+](=O)[O-])C(=O)OC(C)(C)C. The maximum atomic E-state index is 12.0. The molecule has 6 heteroatoms. The van der Waals surface area contributed by atoms with Crippen molar-refractivity contribution in [2.75, 3.05) is 6.54 Å². The van der Waals surface area contributed by atoms with Crippen LogP contribution in [-0.2, 0) is 11.3 Å². The average molecular weight is 280 g/mol. The predicted molar refractivity (Wildman–Crippen MR) is 75.4 cm³/mol. The second kappa shape index (κ2) is 6.36. The minimum Gasteiger partial charge on any atom is -0.444 e. The van der Waals surface area contributed by atoms with E-state index in [4.69, 9.17) is 4.74 Å². The summed E-state index contributed by atoms with van der Waals surface area (Å²) in [4.78, 5) is 24.0. The van der Waals surface area contributed by atoms with Crippen molar-refractivity contribution in [2.24, 2.45) is 0 Å². The van der Waals surface area contributed by atoms with Crippen LogP contribution in [0.2, 0.25) is 0 Å². The minimum absolute atomic E-state index is 0.00880. The zero-order chi connectivity index (χ0) is 15.3. The molecule has 20 heavy (non-hydrogen) atoms. The molecule has 0 saturated heterocycles. The summed E-state index contributed by atoms with van der Waals surface area (Å²) in [5.41, 5.74) is -0.0904. The molecule has 0 unspecified atom stereocenters. The molecule has 0 spiro atoms. The molecule has 0 aromatic heterocycles. The zero-order valence-electron chi connectivity index (χ0n) is 12.3. The van der Waals surface area contributed by atoms with E-state index in [1.54, 1.807) is 45.9 Å². The molecule has 0 bridgehead atoms. The van der Waals surface area contributed by atoms with Crippen LogP contribution in [0, 0.1) is 10.1 Å². The fourth-order valence-electron chi connectivity index (χ4n) is 1.66. The smallest absolute Gasteiger partial charge is 0.410 e. The molecular weight excluding hydrogens is 260 g/mol. The van der Waals surface area contributed by atoms with Crippen LogP contribution in [0.15, 0.2) is 24.3 Å². The number of hydrogen-bond acceptors (Lipinski definition) is 4. The Balaban J connectivity index is 2.89. The molecule has 6 nitrogen and oxygen atoms in total. The van der Waals surface area contributed by atoms with Crippen LogP contribution in [-0.4, -0.2) is 28.1 Å². The van der Waals surface area contributed by atoms with E-state index >= 15 is 0 Å². The van der Waals surface area contributed by atoms with Gasteiger partial charge in [-0.25, -0.2) is 4.79 Å². The Morgan fingerprint density at radius 2 is 1.95 bits per heavy atom. The van der Waals surface area contributed by atoms with Gasteiger partial charge in [-0.05, 0) is 27.7 Å². The molecule has 0 atom stereocenters. The molecule has 0 aliphatic rings. The summed E-state index contributed by atoms with van der Waals surface area (Å²) in [6, 6.07) is 6.39. The number of nitrogens with zero attached hydrogens (tertiary/aromatic N) is 2. The number of hydrogen-bond donors (Lipinski definition) is 0. The molecule has 1 aromatic carbocycles. The molecule has 0 aliphatic carbocycles. The number of benzene rings is 1. The number of amides is 1. The number of nitro benzene ring substituents is 1. The van der Waals surface area contributed by atoms with Gasteiger partial charge in [0.25, 0.3) is 5.69 Å². The summed E-state index contributed by atoms with van der Waals surface area (Å²) in [7, 11) is 0. The van der Waals surface area contributed by atoms with Gasteiger partial charge in [0.2, 0.25) is 0 Å². The topological polar surface area (TPSA) is 72.7 Å². The lowest BCUT2D eigenvalue weighted by Gasteiger charge is -2.26. The summed E-state index contributed by atoms with van der Waals surface area (Å²) in [5.74, 6) is 0. The summed E-state index contributed by atoms with van der Waals surface area (Å²) in [6.07, 6.45) is -0.474. The normalized spacial score (nSPS) is 11.0. The number of ether oxygens (including phenoxy) is 1. The first-order valence-electron chi connectivity index (χ1n) is 6.45. The highest BCUT2D eigenvalue weighted by Crippen LogP contribution is 2.20. The van der Waals surface area contributed by atoms with Crippen LogP contribution < -0.4 is 0 Å². The van der Waals surface area contributed by atoms with Gasteiger partial charge in [-0.3, -0.25) is 10.1 Å². The van der Waals surface area contributed by atoms with Gasteiger partial charge in [-0.1, -0.05) is 18.2 Å². The monoisotopic (exact) mass is 280 g/mol. The van der Waals surface area contributed by atoms with E-state index < -0.39 is 16.6 Å². The standard InChI is InChI=1S/C14H20N2O4/c1-5-15(13(17)20-14(2,3)4)10-11-8-6-7-9-12(11)16(18)19/h6-9H,5,10H2,1-4H3. The maximum Gasteiger partial charge on any atom is 0.410 e. The van der Waals surface area contributed by atoms with Crippen molar-refractivity contribution >= 4 is 11.8 Å². The molecule has 0 heterocycles. The van der Waals surface area contributed by atoms with E-state index in [0.29, 0.717) is 12.1 Å². The molecule has 1 aromatic rings. The Morgan fingerprint density at radius 3 is 2.45 bits per heavy atom. The zero-order valence-corrected chi connectivity index (χ0v) is 12.3. The molecule has 0 aliphatic heterocycles. The van der Waals surface area contributed by atoms with Gasteiger partial charge in [0.05, 0.1) is 11.5 Å². The number of rotatable bonds is 4. The van der Waals surface area contributed by atoms with Crippen LogP contribution in [0.3, 0.4) is 0 Å². The Bertz CT molecular complexity index is 494. The maximum absolute atomic E-state index is 12.0. The summed E-state index contributed by atoms with van der Waals surface area (Å²) >= 11 is 0. The molecule has 110 valence electrons. The van der Waals surface area contributed by atoms with Crippen LogP contribution in [0.4, 0.5) is 10.5 Å². The van der Waals surface area contributed by atoms with E-state index in [0.717, 1.165) is 0 Å². The second-order valence-electron chi connectivity index (χ2n) is 5.38. The third-order valence-corrected chi connectivity index (χ3v) is 2.58. The van der Waals surface area contributed by atoms with Crippen molar-refractivity contribution in [3.05, 3.63) is 39.9 Å². The highest BCUT2D eigenvalue weighted by Gasteiger charge is 2.23. The van der Waals surface area contributed by atoms with Crippen molar-refractivity contribution in [1.82, 2.24) is 4.90 Å². The number of carbonyl (C=O) groups excluding carboxylic acids is 1. The predicted octanol–water partition coefficient (Wildman–Crippen LogP) is 3.35. The first kappa shape index (κ1) is 15.9. The average Bonchev–Trinajstić information content (AvgIpc) is 2.33. The first-order chi connectivity index (χ1) is 9.24. The summed E-state index contributed by atoms with van der Waals surface area (Å²) in [5, 5.41) is 11.0. The van der Waals surface area contributed by atoms with Crippen molar-refractivity contribution in [3.63, 3.8) is 0 Å². The van der Waals surface area contributed by atoms with Gasteiger partial charge in [-0.15, -0.1) is 0 Å². The summed E-state index contributed by atoms with van der Waals surface area (Å²) in [6.45, 7) is 7.72. The molecule has 1 rings (SSSR count). The van der Waals surface area contributed by atoms with Gasteiger partial charge >= 0.3 is 6.09 Å². The lowest BCUT2D eigenvalue weighted by atomic mass is 10.1. The third kappa shape index (κ3) is 4.53. The van der Waals surface area contributed by atoms with Crippen molar-refractivity contribution in [3.8, 4) is 0 Å². The van der Waals surface area contributed by atoms with Crippen LogP contribution in [0.1, 0.15) is 33.3 Å². The third-order valence-electron chi connectivity index (χ3n) is 2.58. The first-order valence-corrected chi connectivity index (χ1v) is 6.45. The van der Waals surface area contributed by atoms with E-state index in [-0.39, 0.29) is 12.2 Å². The van der Waals surface area contributed by atoms with Crippen LogP contribution in [0.5, 0.6) is 0 Å². The molecular formula is C14H20N2O4. The van der Waals surface area contributed by atoms with Crippen LogP contribution >= 0.6 is 0 Å². The van der Waals surface area contributed by atoms with Crippen molar-refractivity contribution in [2.45, 2.75) is 39.8 Å². The van der Waals surface area contributed by atoms with E-state index in [1.807, 2.05) is 0 Å². The Kier molecular flexibility index (Phi) is 5.07. The van der Waals surface area contributed by atoms with Gasteiger partial charge in [-0.2, -0.15) is 0 Å². The van der Waals surface area contributed by atoms with Crippen molar-refractivity contribution in [1.29, 1.82) is 0 Å². The molecule has 0 fully saturated rings. The molecule has 0 radical (unpaired) electrons. The Hall–Kier alpha value is -2.11. The van der Waals surface area contributed by atoms with Gasteiger partial charge in [0.15, 0.2) is 0 Å². The highest BCUT2D eigenvalue weighted by molar-refractivity contribution is 5.68. The minimum atomic E-state index is -0.590. The Labute approximate surface area is 118 Å². The second-order valence-corrected chi connectivity index (χ2v) is 5.38. The molecule has 0 saturated carbocycles. The van der Waals surface area contributed by atoms with Gasteiger partial charge in [0.1, 0.15) is 5.60 Å². The van der Waals surface area contributed by atoms with Gasteiger partial charge < -0.3 is 9.64 Å². The Morgan fingerprint density at radius 1 is 1.35 bits per heavy atom. The van der Waals surface area contributed by atoms with E-state index in [1.165, 1.54) is 11.0 Å². The van der Waals surface area contributed by atoms with Crippen molar-refractivity contribution < 1.29 is 14.5 Å². The van der Waals surface area contributed by atoms with E-state index in [9.17, 15) is 14.9 Å². The number of carbonyl (C=O) groups is 1. The number of nitro groups is 1. The van der Waals surface area contributed by atoms with E-state index in [2.05, 4.69) is 0 Å². The molecule has 0 N–H and O–H groups in total.